The zero-order valence-corrected chi connectivity index (χ0v) is 15.7. The number of rotatable bonds is 3. The molecule has 0 aliphatic carbocycles. The van der Waals surface area contributed by atoms with E-state index in [1.165, 1.54) is 11.1 Å². The summed E-state index contributed by atoms with van der Waals surface area (Å²) < 4.78 is 0. The van der Waals surface area contributed by atoms with Crippen LogP contribution in [0.25, 0.3) is 0 Å². The summed E-state index contributed by atoms with van der Waals surface area (Å²) in [4.78, 5) is 14.6. The third kappa shape index (κ3) is 3.64. The largest absolute Gasteiger partial charge is 0.338 e. The topological polar surface area (TPSA) is 58.1 Å². The summed E-state index contributed by atoms with van der Waals surface area (Å²) >= 11 is 6.14. The Morgan fingerprint density at radius 2 is 1.85 bits per heavy atom. The third-order valence-electron chi connectivity index (χ3n) is 4.83. The Hall–Kier alpha value is -2.92. The number of carbonyl (C=O) groups excluding carboxylic acids is 1. The highest BCUT2D eigenvalue weighted by atomic mass is 35.5. The molecule has 1 aliphatic rings. The molecule has 0 unspecified atom stereocenters. The maximum Gasteiger partial charge on any atom is 0.274 e. The lowest BCUT2D eigenvalue weighted by Gasteiger charge is -2.28. The van der Waals surface area contributed by atoms with Crippen LogP contribution in [0.5, 0.6) is 0 Å². The number of aromatic nitrogens is 2. The van der Waals surface area contributed by atoms with E-state index in [0.717, 1.165) is 17.7 Å². The van der Waals surface area contributed by atoms with E-state index in [-0.39, 0.29) is 5.91 Å². The highest BCUT2D eigenvalue weighted by Crippen LogP contribution is 2.25. The second-order valence-corrected chi connectivity index (χ2v) is 6.99. The van der Waals surface area contributed by atoms with Crippen LogP contribution in [0.15, 0.2) is 54.6 Å². The molecular weight excluding hydrogens is 360 g/mol. The molecule has 27 heavy (non-hydrogen) atoms. The van der Waals surface area contributed by atoms with Crippen molar-refractivity contribution in [3.63, 3.8) is 0 Å². The number of fused-ring (bicyclic) bond motifs is 1. The number of hydrogen-bond donors (Lipinski definition) is 1. The van der Waals surface area contributed by atoms with Crippen molar-refractivity contribution in [2.24, 2.45) is 0 Å². The van der Waals surface area contributed by atoms with Crippen LogP contribution in [0.3, 0.4) is 0 Å². The maximum absolute atomic E-state index is 12.8. The molecule has 2 heterocycles. The van der Waals surface area contributed by atoms with Crippen LogP contribution in [0.1, 0.15) is 27.2 Å². The van der Waals surface area contributed by atoms with Gasteiger partial charge < -0.3 is 10.2 Å². The van der Waals surface area contributed by atoms with E-state index < -0.39 is 0 Å². The summed E-state index contributed by atoms with van der Waals surface area (Å²) in [6.07, 6.45) is 0.864. The SMILES string of the molecule is Cc1c(Cl)cccc1Nc1ccc(C(=O)N2CCc3ccccc3C2)nn1. The molecule has 0 fully saturated rings. The van der Waals surface area contributed by atoms with Crippen molar-refractivity contribution < 1.29 is 4.79 Å². The number of halogens is 1. The predicted octanol–water partition coefficient (Wildman–Crippen LogP) is 4.38. The monoisotopic (exact) mass is 378 g/mol. The van der Waals surface area contributed by atoms with Gasteiger partial charge in [-0.05, 0) is 54.3 Å². The number of amides is 1. The lowest BCUT2D eigenvalue weighted by atomic mass is 10.00. The summed E-state index contributed by atoms with van der Waals surface area (Å²) in [6.45, 7) is 3.24. The molecule has 1 aromatic heterocycles. The summed E-state index contributed by atoms with van der Waals surface area (Å²) in [6, 6.07) is 17.3. The maximum atomic E-state index is 12.8. The van der Waals surface area contributed by atoms with Gasteiger partial charge in [0.15, 0.2) is 11.5 Å². The Balaban J connectivity index is 1.47. The average molecular weight is 379 g/mol. The van der Waals surface area contributed by atoms with E-state index in [2.05, 4.69) is 27.6 Å². The van der Waals surface area contributed by atoms with E-state index in [9.17, 15) is 4.79 Å². The molecule has 4 rings (SSSR count). The molecule has 0 saturated carbocycles. The van der Waals surface area contributed by atoms with Gasteiger partial charge in [-0.2, -0.15) is 0 Å². The zero-order chi connectivity index (χ0) is 18.8. The van der Waals surface area contributed by atoms with E-state index in [4.69, 9.17) is 11.6 Å². The fraction of sp³-hybridized carbons (Fsp3) is 0.190. The van der Waals surface area contributed by atoms with Gasteiger partial charge in [0, 0.05) is 23.8 Å². The second-order valence-electron chi connectivity index (χ2n) is 6.59. The Morgan fingerprint density at radius 1 is 1.04 bits per heavy atom. The van der Waals surface area contributed by atoms with Crippen LogP contribution in [0, 0.1) is 6.92 Å². The van der Waals surface area contributed by atoms with Crippen LogP contribution < -0.4 is 5.32 Å². The molecule has 6 heteroatoms. The number of nitrogens with zero attached hydrogens (tertiary/aromatic N) is 3. The Labute approximate surface area is 163 Å². The molecule has 5 nitrogen and oxygen atoms in total. The van der Waals surface area contributed by atoms with E-state index in [1.807, 2.05) is 42.2 Å². The molecule has 0 spiro atoms. The first-order valence-corrected chi connectivity index (χ1v) is 9.21. The Bertz CT molecular complexity index is 988. The van der Waals surface area contributed by atoms with Crippen LogP contribution >= 0.6 is 11.6 Å². The first-order valence-electron chi connectivity index (χ1n) is 8.84. The quantitative estimate of drug-likeness (QED) is 0.734. The van der Waals surface area contributed by atoms with Gasteiger partial charge in [-0.15, -0.1) is 10.2 Å². The molecule has 1 aliphatic heterocycles. The number of carbonyl (C=O) groups is 1. The first-order chi connectivity index (χ1) is 13.1. The molecule has 0 saturated heterocycles. The van der Waals surface area contributed by atoms with Crippen molar-refractivity contribution in [3.05, 3.63) is 82.0 Å². The molecule has 0 atom stereocenters. The average Bonchev–Trinajstić information content (AvgIpc) is 2.71. The van der Waals surface area contributed by atoms with Gasteiger partial charge in [0.05, 0.1) is 0 Å². The van der Waals surface area contributed by atoms with Crippen molar-refractivity contribution >= 4 is 29.0 Å². The molecular formula is C21H19ClN4O. The van der Waals surface area contributed by atoms with Crippen LogP contribution in [0.4, 0.5) is 11.5 Å². The highest BCUT2D eigenvalue weighted by molar-refractivity contribution is 6.31. The molecule has 1 amide bonds. The van der Waals surface area contributed by atoms with Crippen LogP contribution in [0.2, 0.25) is 5.02 Å². The molecule has 3 aromatic rings. The lowest BCUT2D eigenvalue weighted by Crippen LogP contribution is -2.36. The van der Waals surface area contributed by atoms with Crippen LogP contribution in [-0.4, -0.2) is 27.5 Å². The third-order valence-corrected chi connectivity index (χ3v) is 5.24. The minimum atomic E-state index is -0.0949. The minimum Gasteiger partial charge on any atom is -0.338 e. The number of hydrogen-bond acceptors (Lipinski definition) is 4. The van der Waals surface area contributed by atoms with Crippen molar-refractivity contribution in [3.8, 4) is 0 Å². The summed E-state index contributed by atoms with van der Waals surface area (Å²) in [5, 5.41) is 12.1. The van der Waals surface area contributed by atoms with E-state index >= 15 is 0 Å². The van der Waals surface area contributed by atoms with Gasteiger partial charge in [0.2, 0.25) is 0 Å². The molecule has 2 aromatic carbocycles. The second kappa shape index (κ2) is 7.37. The van der Waals surface area contributed by atoms with Gasteiger partial charge in [0.25, 0.3) is 5.91 Å². The van der Waals surface area contributed by atoms with Crippen molar-refractivity contribution in [1.29, 1.82) is 0 Å². The number of nitrogens with one attached hydrogen (secondary N) is 1. The van der Waals surface area contributed by atoms with Crippen molar-refractivity contribution in [1.82, 2.24) is 15.1 Å². The predicted molar refractivity (Wildman–Crippen MR) is 106 cm³/mol. The first kappa shape index (κ1) is 17.5. The normalized spacial score (nSPS) is 13.2. The van der Waals surface area contributed by atoms with Gasteiger partial charge in [-0.25, -0.2) is 0 Å². The van der Waals surface area contributed by atoms with Crippen molar-refractivity contribution in [2.75, 3.05) is 11.9 Å². The van der Waals surface area contributed by atoms with Crippen LogP contribution in [-0.2, 0) is 13.0 Å². The number of anilines is 2. The van der Waals surface area contributed by atoms with Gasteiger partial charge >= 0.3 is 0 Å². The molecule has 136 valence electrons. The van der Waals surface area contributed by atoms with Gasteiger partial charge in [-0.3, -0.25) is 4.79 Å². The molecule has 0 radical (unpaired) electrons. The van der Waals surface area contributed by atoms with E-state index in [1.54, 1.807) is 12.1 Å². The van der Waals surface area contributed by atoms with Crippen molar-refractivity contribution in [2.45, 2.75) is 19.9 Å². The fourth-order valence-electron chi connectivity index (χ4n) is 3.22. The minimum absolute atomic E-state index is 0.0949. The Kier molecular flexibility index (Phi) is 4.77. The molecule has 1 N–H and O–H groups in total. The lowest BCUT2D eigenvalue weighted by molar-refractivity contribution is 0.0727. The fourth-order valence-corrected chi connectivity index (χ4v) is 3.40. The zero-order valence-electron chi connectivity index (χ0n) is 14.9. The van der Waals surface area contributed by atoms with Gasteiger partial charge in [-0.1, -0.05) is 41.9 Å². The van der Waals surface area contributed by atoms with E-state index in [0.29, 0.717) is 29.6 Å². The smallest absolute Gasteiger partial charge is 0.274 e. The summed E-state index contributed by atoms with van der Waals surface area (Å²) in [5.41, 5.74) is 4.66. The Morgan fingerprint density at radius 3 is 2.63 bits per heavy atom. The highest BCUT2D eigenvalue weighted by Gasteiger charge is 2.22. The molecule has 0 bridgehead atoms. The number of benzene rings is 2. The standard InChI is InChI=1S/C21H19ClN4O/c1-14-17(22)7-4-8-18(14)23-20-10-9-19(24-25-20)21(27)26-12-11-15-5-2-3-6-16(15)13-26/h2-10H,11-13H2,1H3,(H,23,25). The summed E-state index contributed by atoms with van der Waals surface area (Å²) in [5.74, 6) is 0.475. The summed E-state index contributed by atoms with van der Waals surface area (Å²) in [7, 11) is 0. The van der Waals surface area contributed by atoms with Gasteiger partial charge in [0.1, 0.15) is 0 Å².